The van der Waals surface area contributed by atoms with Gasteiger partial charge in [0.05, 0.1) is 14.9 Å². The van der Waals surface area contributed by atoms with Crippen LogP contribution in [0.25, 0.3) is 0 Å². The van der Waals surface area contributed by atoms with Gasteiger partial charge in [0.15, 0.2) is 5.16 Å². The first-order chi connectivity index (χ1) is 7.18. The van der Waals surface area contributed by atoms with Crippen molar-refractivity contribution >= 4 is 35.0 Å². The third-order valence-electron chi connectivity index (χ3n) is 1.89. The zero-order valence-corrected chi connectivity index (χ0v) is 10.3. The molecule has 1 aromatic carbocycles. The fourth-order valence-electron chi connectivity index (χ4n) is 1.12. The molecule has 0 amide bonds. The Kier molecular flexibility index (Phi) is 3.24. The van der Waals surface area contributed by atoms with Gasteiger partial charge in [-0.15, -0.1) is 0 Å². The minimum Gasteiger partial charge on any atom is -0.329 e. The maximum absolute atomic E-state index is 6.06. The average Bonchev–Trinajstić information content (AvgIpc) is 2.58. The maximum atomic E-state index is 6.06. The van der Waals surface area contributed by atoms with Crippen molar-refractivity contribution in [2.45, 2.75) is 10.1 Å². The van der Waals surface area contributed by atoms with Gasteiger partial charge in [0.2, 0.25) is 0 Å². The predicted octanol–water partition coefficient (Wildman–Crippen LogP) is 3.88. The second kappa shape index (κ2) is 4.47. The lowest BCUT2D eigenvalue weighted by Gasteiger charge is -2.05. The highest BCUT2D eigenvalue weighted by atomic mass is 35.5. The van der Waals surface area contributed by atoms with Crippen LogP contribution < -0.4 is 0 Å². The van der Waals surface area contributed by atoms with Gasteiger partial charge >= 0.3 is 0 Å². The molecular formula is C10H8Cl2N2S. The van der Waals surface area contributed by atoms with Gasteiger partial charge in [-0.25, -0.2) is 4.98 Å². The van der Waals surface area contributed by atoms with Gasteiger partial charge in [0, 0.05) is 19.4 Å². The molecular weight excluding hydrogens is 251 g/mol. The van der Waals surface area contributed by atoms with E-state index in [-0.39, 0.29) is 0 Å². The molecule has 15 heavy (non-hydrogen) atoms. The van der Waals surface area contributed by atoms with Crippen LogP contribution in [0.4, 0.5) is 0 Å². The molecule has 0 radical (unpaired) electrons. The normalized spacial score (nSPS) is 10.6. The van der Waals surface area contributed by atoms with Crippen LogP contribution in [0.3, 0.4) is 0 Å². The molecule has 1 heterocycles. The van der Waals surface area contributed by atoms with E-state index >= 15 is 0 Å². The number of imidazole rings is 1. The zero-order chi connectivity index (χ0) is 10.8. The molecule has 0 saturated heterocycles. The van der Waals surface area contributed by atoms with Crippen LogP contribution >= 0.6 is 35.0 Å². The third kappa shape index (κ3) is 2.30. The van der Waals surface area contributed by atoms with Crippen molar-refractivity contribution in [3.05, 3.63) is 40.6 Å². The summed E-state index contributed by atoms with van der Waals surface area (Å²) < 4.78 is 1.92. The number of aryl methyl sites for hydroxylation is 1. The number of benzene rings is 1. The molecule has 0 fully saturated rings. The summed E-state index contributed by atoms with van der Waals surface area (Å²) in [5, 5.41) is 2.16. The van der Waals surface area contributed by atoms with Crippen molar-refractivity contribution in [3.8, 4) is 0 Å². The van der Waals surface area contributed by atoms with E-state index in [1.54, 1.807) is 6.20 Å². The Morgan fingerprint density at radius 1 is 1.27 bits per heavy atom. The van der Waals surface area contributed by atoms with Gasteiger partial charge in [0.1, 0.15) is 0 Å². The molecule has 0 atom stereocenters. The minimum atomic E-state index is 0.649. The van der Waals surface area contributed by atoms with Crippen LogP contribution in [-0.2, 0) is 7.05 Å². The van der Waals surface area contributed by atoms with Gasteiger partial charge in [-0.3, -0.25) is 0 Å². The Labute approximate surface area is 102 Å². The third-order valence-corrected chi connectivity index (χ3v) is 3.96. The van der Waals surface area contributed by atoms with Crippen LogP contribution in [0, 0.1) is 0 Å². The number of halogens is 2. The molecule has 0 spiro atoms. The second-order valence-electron chi connectivity index (χ2n) is 2.97. The van der Waals surface area contributed by atoms with Crippen molar-refractivity contribution in [3.63, 3.8) is 0 Å². The maximum Gasteiger partial charge on any atom is 0.172 e. The lowest BCUT2D eigenvalue weighted by atomic mass is 10.4. The molecule has 0 N–H and O–H groups in total. The van der Waals surface area contributed by atoms with Crippen molar-refractivity contribution in [1.29, 1.82) is 0 Å². The van der Waals surface area contributed by atoms with E-state index < -0.39 is 0 Å². The Morgan fingerprint density at radius 3 is 2.47 bits per heavy atom. The van der Waals surface area contributed by atoms with E-state index in [2.05, 4.69) is 4.98 Å². The smallest absolute Gasteiger partial charge is 0.172 e. The van der Waals surface area contributed by atoms with E-state index in [0.29, 0.717) is 10.0 Å². The standard InChI is InChI=1S/C10H8Cl2N2S/c1-14-6-5-13-10(14)15-9-7(11)3-2-4-8(9)12/h2-6H,1H3. The Hall–Kier alpha value is -0.640. The molecule has 1 aromatic heterocycles. The fraction of sp³-hybridized carbons (Fsp3) is 0.100. The molecule has 78 valence electrons. The van der Waals surface area contributed by atoms with Crippen molar-refractivity contribution in [1.82, 2.24) is 9.55 Å². The lowest BCUT2D eigenvalue weighted by molar-refractivity contribution is 0.790. The molecule has 0 aliphatic rings. The predicted molar refractivity (Wildman–Crippen MR) is 63.8 cm³/mol. The molecule has 2 aromatic rings. The van der Waals surface area contributed by atoms with Crippen LogP contribution in [0.1, 0.15) is 0 Å². The monoisotopic (exact) mass is 258 g/mol. The molecule has 2 rings (SSSR count). The van der Waals surface area contributed by atoms with E-state index in [1.165, 1.54) is 11.8 Å². The van der Waals surface area contributed by atoms with Crippen LogP contribution in [0.2, 0.25) is 10.0 Å². The first-order valence-electron chi connectivity index (χ1n) is 4.27. The highest BCUT2D eigenvalue weighted by Gasteiger charge is 2.09. The summed E-state index contributed by atoms with van der Waals surface area (Å²) in [6.07, 6.45) is 3.63. The minimum absolute atomic E-state index is 0.649. The van der Waals surface area contributed by atoms with E-state index in [0.717, 1.165) is 10.1 Å². The highest BCUT2D eigenvalue weighted by molar-refractivity contribution is 7.99. The SMILES string of the molecule is Cn1ccnc1Sc1c(Cl)cccc1Cl. The van der Waals surface area contributed by atoms with Crippen LogP contribution in [-0.4, -0.2) is 9.55 Å². The first kappa shape index (κ1) is 10.9. The van der Waals surface area contributed by atoms with Crippen molar-refractivity contribution in [2.24, 2.45) is 7.05 Å². The van der Waals surface area contributed by atoms with E-state index in [1.807, 2.05) is 36.0 Å². The van der Waals surface area contributed by atoms with Crippen LogP contribution in [0.15, 0.2) is 40.6 Å². The van der Waals surface area contributed by atoms with Crippen LogP contribution in [0.5, 0.6) is 0 Å². The summed E-state index contributed by atoms with van der Waals surface area (Å²) in [5.74, 6) is 0. The van der Waals surface area contributed by atoms with E-state index in [9.17, 15) is 0 Å². The molecule has 0 aliphatic carbocycles. The number of hydrogen-bond donors (Lipinski definition) is 0. The van der Waals surface area contributed by atoms with Gasteiger partial charge in [-0.05, 0) is 23.9 Å². The average molecular weight is 259 g/mol. The topological polar surface area (TPSA) is 17.8 Å². The number of aromatic nitrogens is 2. The summed E-state index contributed by atoms with van der Waals surface area (Å²) in [4.78, 5) is 5.04. The molecule has 0 bridgehead atoms. The van der Waals surface area contributed by atoms with Gasteiger partial charge in [0.25, 0.3) is 0 Å². The summed E-state index contributed by atoms with van der Waals surface area (Å²) in [7, 11) is 1.93. The molecule has 0 unspecified atom stereocenters. The van der Waals surface area contributed by atoms with Gasteiger partial charge in [-0.1, -0.05) is 29.3 Å². The number of nitrogens with zero attached hydrogens (tertiary/aromatic N) is 2. The summed E-state index contributed by atoms with van der Waals surface area (Å²) in [6, 6.07) is 5.46. The van der Waals surface area contributed by atoms with Crippen molar-refractivity contribution < 1.29 is 0 Å². The summed E-state index contributed by atoms with van der Waals surface area (Å²) in [5.41, 5.74) is 0. The quantitative estimate of drug-likeness (QED) is 0.814. The molecule has 2 nitrogen and oxygen atoms in total. The molecule has 5 heteroatoms. The Bertz CT molecular complexity index is 462. The second-order valence-corrected chi connectivity index (χ2v) is 4.77. The zero-order valence-electron chi connectivity index (χ0n) is 7.95. The Balaban J connectivity index is 2.36. The van der Waals surface area contributed by atoms with Gasteiger partial charge < -0.3 is 4.57 Å². The Morgan fingerprint density at radius 2 is 1.93 bits per heavy atom. The lowest BCUT2D eigenvalue weighted by Crippen LogP contribution is -1.89. The fourth-order valence-corrected chi connectivity index (χ4v) is 2.58. The number of hydrogen-bond acceptors (Lipinski definition) is 2. The summed E-state index contributed by atoms with van der Waals surface area (Å²) in [6.45, 7) is 0. The van der Waals surface area contributed by atoms with Gasteiger partial charge in [-0.2, -0.15) is 0 Å². The van der Waals surface area contributed by atoms with Crippen molar-refractivity contribution in [2.75, 3.05) is 0 Å². The highest BCUT2D eigenvalue weighted by Crippen LogP contribution is 2.37. The largest absolute Gasteiger partial charge is 0.329 e. The molecule has 0 aliphatic heterocycles. The van der Waals surface area contributed by atoms with E-state index in [4.69, 9.17) is 23.2 Å². The number of rotatable bonds is 2. The summed E-state index contributed by atoms with van der Waals surface area (Å²) >= 11 is 13.6. The molecule has 0 saturated carbocycles. The first-order valence-corrected chi connectivity index (χ1v) is 5.85.